The standard InChI is InChI=1S/C17H20N2/c1-12-3-4-14-5-6-17(16(14)9-12)19-11-15-10-18-8-7-13(15)2/h3-4,7-10,17,19H,5-6,11H2,1-2H3. The SMILES string of the molecule is Cc1ccc2c(c1)C(NCc1cnccc1C)CC2. The Bertz CT molecular complexity index is 590. The molecular weight excluding hydrogens is 232 g/mol. The molecule has 0 radical (unpaired) electrons. The third-order valence-corrected chi connectivity index (χ3v) is 4.07. The predicted molar refractivity (Wildman–Crippen MR) is 78.1 cm³/mol. The lowest BCUT2D eigenvalue weighted by Gasteiger charge is -2.15. The normalized spacial score (nSPS) is 17.5. The van der Waals surface area contributed by atoms with Gasteiger partial charge in [0.2, 0.25) is 0 Å². The first-order valence-corrected chi connectivity index (χ1v) is 6.96. The summed E-state index contributed by atoms with van der Waals surface area (Å²) < 4.78 is 0. The number of hydrogen-bond donors (Lipinski definition) is 1. The zero-order valence-electron chi connectivity index (χ0n) is 11.6. The number of benzene rings is 1. The highest BCUT2D eigenvalue weighted by atomic mass is 14.9. The summed E-state index contributed by atoms with van der Waals surface area (Å²) in [5.41, 5.74) is 6.95. The maximum Gasteiger partial charge on any atom is 0.0329 e. The van der Waals surface area contributed by atoms with Gasteiger partial charge >= 0.3 is 0 Å². The van der Waals surface area contributed by atoms with E-state index in [4.69, 9.17) is 0 Å². The molecule has 1 N–H and O–H groups in total. The second-order valence-corrected chi connectivity index (χ2v) is 5.48. The maximum atomic E-state index is 4.21. The molecule has 0 spiro atoms. The number of aromatic nitrogens is 1. The molecule has 1 unspecified atom stereocenters. The summed E-state index contributed by atoms with van der Waals surface area (Å²) in [5, 5.41) is 3.68. The smallest absolute Gasteiger partial charge is 0.0329 e. The summed E-state index contributed by atoms with van der Waals surface area (Å²) in [6, 6.07) is 9.39. The third-order valence-electron chi connectivity index (χ3n) is 4.07. The van der Waals surface area contributed by atoms with Crippen molar-refractivity contribution in [1.82, 2.24) is 10.3 Å². The van der Waals surface area contributed by atoms with Crippen LogP contribution in [0.25, 0.3) is 0 Å². The molecule has 98 valence electrons. The molecule has 2 heteroatoms. The van der Waals surface area contributed by atoms with Gasteiger partial charge in [-0.15, -0.1) is 0 Å². The summed E-state index contributed by atoms with van der Waals surface area (Å²) in [5.74, 6) is 0. The average molecular weight is 252 g/mol. The molecule has 0 amide bonds. The van der Waals surface area contributed by atoms with Crippen LogP contribution in [0.1, 0.15) is 40.3 Å². The highest BCUT2D eigenvalue weighted by Crippen LogP contribution is 2.31. The van der Waals surface area contributed by atoms with E-state index >= 15 is 0 Å². The summed E-state index contributed by atoms with van der Waals surface area (Å²) >= 11 is 0. The molecule has 0 bridgehead atoms. The van der Waals surface area contributed by atoms with Crippen molar-refractivity contribution in [2.75, 3.05) is 0 Å². The first kappa shape index (κ1) is 12.4. The Balaban J connectivity index is 1.73. The Labute approximate surface area is 114 Å². The van der Waals surface area contributed by atoms with Crippen molar-refractivity contribution in [3.63, 3.8) is 0 Å². The van der Waals surface area contributed by atoms with Gasteiger partial charge in [0.15, 0.2) is 0 Å². The van der Waals surface area contributed by atoms with Crippen LogP contribution in [0.2, 0.25) is 0 Å². The fourth-order valence-corrected chi connectivity index (χ4v) is 2.85. The highest BCUT2D eigenvalue weighted by molar-refractivity contribution is 5.37. The van der Waals surface area contributed by atoms with E-state index in [9.17, 15) is 0 Å². The van der Waals surface area contributed by atoms with Crippen LogP contribution < -0.4 is 5.32 Å². The van der Waals surface area contributed by atoms with Crippen molar-refractivity contribution in [2.45, 2.75) is 39.3 Å². The topological polar surface area (TPSA) is 24.9 Å². The molecule has 0 fully saturated rings. The summed E-state index contributed by atoms with van der Waals surface area (Å²) in [6.07, 6.45) is 6.22. The maximum absolute atomic E-state index is 4.21. The molecule has 3 rings (SSSR count). The largest absolute Gasteiger partial charge is 0.306 e. The summed E-state index contributed by atoms with van der Waals surface area (Å²) in [7, 11) is 0. The Morgan fingerprint density at radius 1 is 1.26 bits per heavy atom. The van der Waals surface area contributed by atoms with Crippen LogP contribution in [0, 0.1) is 13.8 Å². The van der Waals surface area contributed by atoms with Crippen LogP contribution in [0.4, 0.5) is 0 Å². The van der Waals surface area contributed by atoms with Crippen molar-refractivity contribution < 1.29 is 0 Å². The van der Waals surface area contributed by atoms with Gasteiger partial charge in [0, 0.05) is 25.0 Å². The lowest BCUT2D eigenvalue weighted by molar-refractivity contribution is 0.528. The van der Waals surface area contributed by atoms with Gasteiger partial charge in [-0.1, -0.05) is 23.8 Å². The van der Waals surface area contributed by atoms with Gasteiger partial charge in [0.25, 0.3) is 0 Å². The molecule has 0 saturated heterocycles. The van der Waals surface area contributed by atoms with E-state index in [2.05, 4.69) is 48.4 Å². The van der Waals surface area contributed by atoms with Crippen LogP contribution in [0.3, 0.4) is 0 Å². The van der Waals surface area contributed by atoms with Gasteiger partial charge in [0.05, 0.1) is 0 Å². The number of nitrogens with one attached hydrogen (secondary N) is 1. The molecule has 1 aromatic carbocycles. The van der Waals surface area contributed by atoms with E-state index in [1.165, 1.54) is 40.7 Å². The minimum Gasteiger partial charge on any atom is -0.306 e. The Morgan fingerprint density at radius 2 is 2.16 bits per heavy atom. The van der Waals surface area contributed by atoms with Crippen molar-refractivity contribution in [3.05, 3.63) is 64.5 Å². The quantitative estimate of drug-likeness (QED) is 0.904. The first-order valence-electron chi connectivity index (χ1n) is 6.96. The number of hydrogen-bond acceptors (Lipinski definition) is 2. The van der Waals surface area contributed by atoms with Crippen LogP contribution >= 0.6 is 0 Å². The predicted octanol–water partition coefficient (Wildman–Crippen LogP) is 3.48. The van der Waals surface area contributed by atoms with Gasteiger partial charge < -0.3 is 5.32 Å². The number of rotatable bonds is 3. The fourth-order valence-electron chi connectivity index (χ4n) is 2.85. The molecule has 2 aromatic rings. The monoisotopic (exact) mass is 252 g/mol. The van der Waals surface area contributed by atoms with E-state index < -0.39 is 0 Å². The van der Waals surface area contributed by atoms with Crippen LogP contribution in [0.5, 0.6) is 0 Å². The van der Waals surface area contributed by atoms with E-state index in [1.807, 2.05) is 12.4 Å². The molecular formula is C17H20N2. The molecule has 1 aliphatic carbocycles. The Kier molecular flexibility index (Phi) is 3.34. The van der Waals surface area contributed by atoms with Gasteiger partial charge in [-0.25, -0.2) is 0 Å². The molecule has 1 heterocycles. The number of nitrogens with zero attached hydrogens (tertiary/aromatic N) is 1. The van der Waals surface area contributed by atoms with Crippen LogP contribution in [-0.2, 0) is 13.0 Å². The fraction of sp³-hybridized carbons (Fsp3) is 0.353. The van der Waals surface area contributed by atoms with Gasteiger partial charge in [-0.2, -0.15) is 0 Å². The number of aryl methyl sites for hydroxylation is 3. The van der Waals surface area contributed by atoms with Crippen LogP contribution in [0.15, 0.2) is 36.7 Å². The van der Waals surface area contributed by atoms with E-state index in [0.29, 0.717) is 6.04 Å². The van der Waals surface area contributed by atoms with E-state index in [1.54, 1.807) is 0 Å². The highest BCUT2D eigenvalue weighted by Gasteiger charge is 2.21. The summed E-state index contributed by atoms with van der Waals surface area (Å²) in [4.78, 5) is 4.21. The van der Waals surface area contributed by atoms with Crippen molar-refractivity contribution in [2.24, 2.45) is 0 Å². The summed E-state index contributed by atoms with van der Waals surface area (Å²) in [6.45, 7) is 5.21. The Hall–Kier alpha value is -1.67. The average Bonchev–Trinajstić information content (AvgIpc) is 2.80. The van der Waals surface area contributed by atoms with E-state index in [-0.39, 0.29) is 0 Å². The van der Waals surface area contributed by atoms with Gasteiger partial charge in [-0.05, 0) is 55.0 Å². The molecule has 0 saturated carbocycles. The molecule has 1 aliphatic rings. The molecule has 2 nitrogen and oxygen atoms in total. The minimum atomic E-state index is 0.495. The zero-order valence-corrected chi connectivity index (χ0v) is 11.6. The molecule has 1 atom stereocenters. The van der Waals surface area contributed by atoms with Crippen molar-refractivity contribution in [1.29, 1.82) is 0 Å². The second kappa shape index (κ2) is 5.14. The lowest BCUT2D eigenvalue weighted by atomic mass is 10.0. The molecule has 0 aliphatic heterocycles. The number of pyridine rings is 1. The first-order chi connectivity index (χ1) is 9.24. The zero-order chi connectivity index (χ0) is 13.2. The van der Waals surface area contributed by atoms with Crippen molar-refractivity contribution in [3.8, 4) is 0 Å². The molecule has 19 heavy (non-hydrogen) atoms. The van der Waals surface area contributed by atoms with Gasteiger partial charge in [-0.3, -0.25) is 4.98 Å². The minimum absolute atomic E-state index is 0.495. The van der Waals surface area contributed by atoms with Crippen molar-refractivity contribution >= 4 is 0 Å². The van der Waals surface area contributed by atoms with Crippen LogP contribution in [-0.4, -0.2) is 4.98 Å². The third kappa shape index (κ3) is 2.54. The van der Waals surface area contributed by atoms with E-state index in [0.717, 1.165) is 6.54 Å². The van der Waals surface area contributed by atoms with Gasteiger partial charge in [0.1, 0.15) is 0 Å². The molecule has 1 aromatic heterocycles. The lowest BCUT2D eigenvalue weighted by Crippen LogP contribution is -2.19. The second-order valence-electron chi connectivity index (χ2n) is 5.48. The Morgan fingerprint density at radius 3 is 3.00 bits per heavy atom. The number of fused-ring (bicyclic) bond motifs is 1.